The van der Waals surface area contributed by atoms with Gasteiger partial charge in [-0.3, -0.25) is 4.98 Å². The average Bonchev–Trinajstić information content (AvgIpc) is 3.11. The Morgan fingerprint density at radius 3 is 2.59 bits per heavy atom. The normalized spacial score (nSPS) is 14.5. The molecule has 5 rings (SSSR count). The van der Waals surface area contributed by atoms with Crippen molar-refractivity contribution in [3.8, 4) is 21.7 Å². The highest BCUT2D eigenvalue weighted by atomic mass is 32.1. The molecule has 6 nitrogen and oxygen atoms in total. The molecule has 4 N–H and O–H groups in total. The van der Waals surface area contributed by atoms with Gasteiger partial charge >= 0.3 is 0 Å². The average molecular weight is 374 g/mol. The Morgan fingerprint density at radius 1 is 0.926 bits per heavy atom. The maximum Gasteiger partial charge on any atom is 0.180 e. The zero-order chi connectivity index (χ0) is 18.4. The fourth-order valence-corrected chi connectivity index (χ4v) is 4.00. The number of nitrogen functional groups attached to an aromatic ring is 1. The highest BCUT2D eigenvalue weighted by molar-refractivity contribution is 7.18. The van der Waals surface area contributed by atoms with Gasteiger partial charge in [0.2, 0.25) is 0 Å². The number of hydrogen-bond donors (Lipinski definition) is 2. The molecule has 1 aliphatic rings. The number of pyridine rings is 2. The lowest BCUT2D eigenvalue weighted by Crippen LogP contribution is -2.56. The Kier molecular flexibility index (Phi) is 3.77. The molecule has 7 heteroatoms. The van der Waals surface area contributed by atoms with E-state index in [0.29, 0.717) is 5.13 Å². The molecular weight excluding hydrogens is 356 g/mol. The Hall–Kier alpha value is -3.03. The molecule has 0 amide bonds. The lowest BCUT2D eigenvalue weighted by atomic mass is 10.0. The van der Waals surface area contributed by atoms with E-state index in [-0.39, 0.29) is 6.04 Å². The van der Waals surface area contributed by atoms with Crippen molar-refractivity contribution in [2.45, 2.75) is 6.04 Å². The zero-order valence-corrected chi connectivity index (χ0v) is 15.4. The molecule has 1 aliphatic heterocycles. The predicted octanol–water partition coefficient (Wildman–Crippen LogP) is 3.15. The monoisotopic (exact) mass is 374 g/mol. The van der Waals surface area contributed by atoms with Crippen LogP contribution in [0.3, 0.4) is 0 Å². The van der Waals surface area contributed by atoms with E-state index in [1.165, 1.54) is 11.3 Å². The molecule has 3 aromatic heterocycles. The minimum atomic E-state index is 0.244. The van der Waals surface area contributed by atoms with Crippen LogP contribution in [0.4, 0.5) is 10.9 Å². The molecule has 0 aliphatic carbocycles. The van der Waals surface area contributed by atoms with Crippen molar-refractivity contribution >= 4 is 33.1 Å². The Balaban J connectivity index is 1.53. The van der Waals surface area contributed by atoms with Gasteiger partial charge in [0.25, 0.3) is 0 Å². The van der Waals surface area contributed by atoms with Crippen LogP contribution < -0.4 is 16.4 Å². The fourth-order valence-electron chi connectivity index (χ4n) is 3.32. The smallest absolute Gasteiger partial charge is 0.180 e. The summed E-state index contributed by atoms with van der Waals surface area (Å²) in [4.78, 5) is 16.5. The first kappa shape index (κ1) is 16.2. The van der Waals surface area contributed by atoms with Crippen molar-refractivity contribution in [1.29, 1.82) is 0 Å². The standard InChI is InChI=1S/C20H18N6S/c21-16-10-26(11-16)19-7-12(3-4-23-19)17-6-15-5-13(1-2-14(15)8-24-17)18-9-25-20(22)27-18/h1-9,16H,10-11,21H2,(H2,22,25). The maximum atomic E-state index is 5.89. The van der Waals surface area contributed by atoms with Crippen molar-refractivity contribution < 1.29 is 0 Å². The lowest BCUT2D eigenvalue weighted by Gasteiger charge is -2.37. The van der Waals surface area contributed by atoms with Crippen LogP contribution in [-0.2, 0) is 0 Å². The van der Waals surface area contributed by atoms with Crippen molar-refractivity contribution in [3.63, 3.8) is 0 Å². The number of anilines is 2. The van der Waals surface area contributed by atoms with E-state index < -0.39 is 0 Å². The second-order valence-corrected chi connectivity index (χ2v) is 7.82. The van der Waals surface area contributed by atoms with E-state index in [0.717, 1.165) is 51.4 Å². The van der Waals surface area contributed by atoms with Crippen LogP contribution in [0.25, 0.3) is 32.5 Å². The summed E-state index contributed by atoms with van der Waals surface area (Å²) in [5.41, 5.74) is 14.7. The number of nitrogens with zero attached hydrogens (tertiary/aromatic N) is 4. The van der Waals surface area contributed by atoms with Crippen molar-refractivity contribution in [3.05, 3.63) is 55.0 Å². The molecule has 1 aromatic carbocycles. The summed E-state index contributed by atoms with van der Waals surface area (Å²) < 4.78 is 0. The van der Waals surface area contributed by atoms with Gasteiger partial charge in [0.05, 0.1) is 10.6 Å². The molecule has 1 saturated heterocycles. The minimum absolute atomic E-state index is 0.244. The van der Waals surface area contributed by atoms with Crippen LogP contribution in [-0.4, -0.2) is 34.1 Å². The second-order valence-electron chi connectivity index (χ2n) is 6.76. The van der Waals surface area contributed by atoms with Crippen LogP contribution >= 0.6 is 11.3 Å². The highest BCUT2D eigenvalue weighted by Crippen LogP contribution is 2.31. The molecule has 0 saturated carbocycles. The number of benzene rings is 1. The van der Waals surface area contributed by atoms with E-state index in [2.05, 4.69) is 50.2 Å². The Morgan fingerprint density at radius 2 is 1.81 bits per heavy atom. The van der Waals surface area contributed by atoms with Gasteiger partial charge in [-0.05, 0) is 35.2 Å². The number of nitrogens with two attached hydrogens (primary N) is 2. The highest BCUT2D eigenvalue weighted by Gasteiger charge is 2.24. The molecule has 0 radical (unpaired) electrons. The van der Waals surface area contributed by atoms with Gasteiger partial charge in [-0.25, -0.2) is 9.97 Å². The van der Waals surface area contributed by atoms with E-state index in [9.17, 15) is 0 Å². The number of rotatable bonds is 3. The summed E-state index contributed by atoms with van der Waals surface area (Å²) in [6.45, 7) is 1.70. The first-order chi connectivity index (χ1) is 13.2. The first-order valence-corrected chi connectivity index (χ1v) is 9.56. The molecule has 27 heavy (non-hydrogen) atoms. The number of aromatic nitrogens is 3. The quantitative estimate of drug-likeness (QED) is 0.572. The summed E-state index contributed by atoms with van der Waals surface area (Å²) in [7, 11) is 0. The lowest BCUT2D eigenvalue weighted by molar-refractivity contribution is 0.514. The van der Waals surface area contributed by atoms with E-state index >= 15 is 0 Å². The van der Waals surface area contributed by atoms with Gasteiger partial charge in [-0.15, -0.1) is 0 Å². The van der Waals surface area contributed by atoms with Crippen LogP contribution in [0.5, 0.6) is 0 Å². The topological polar surface area (TPSA) is 93.9 Å². The zero-order valence-electron chi connectivity index (χ0n) is 14.5. The second kappa shape index (κ2) is 6.29. The summed E-state index contributed by atoms with van der Waals surface area (Å²) in [6.07, 6.45) is 5.56. The molecule has 134 valence electrons. The SMILES string of the molecule is Nc1ncc(-c2ccc3cnc(-c4ccnc(N5CC(N)C5)c4)cc3c2)s1. The third kappa shape index (κ3) is 3.01. The van der Waals surface area contributed by atoms with Crippen LogP contribution in [0.2, 0.25) is 0 Å². The van der Waals surface area contributed by atoms with Crippen molar-refractivity contribution in [2.75, 3.05) is 23.7 Å². The van der Waals surface area contributed by atoms with Gasteiger partial charge in [0.15, 0.2) is 5.13 Å². The van der Waals surface area contributed by atoms with Crippen LogP contribution in [0.15, 0.2) is 55.0 Å². The number of thiazole rings is 1. The first-order valence-electron chi connectivity index (χ1n) is 8.74. The van der Waals surface area contributed by atoms with Crippen LogP contribution in [0, 0.1) is 0 Å². The molecular formula is C20H18N6S. The van der Waals surface area contributed by atoms with Crippen molar-refractivity contribution in [1.82, 2.24) is 15.0 Å². The molecule has 0 atom stereocenters. The summed E-state index contributed by atoms with van der Waals surface area (Å²) in [5, 5.41) is 2.81. The molecule has 4 aromatic rings. The molecule has 0 spiro atoms. The van der Waals surface area contributed by atoms with Gasteiger partial charge in [-0.1, -0.05) is 23.5 Å². The minimum Gasteiger partial charge on any atom is -0.375 e. The third-order valence-electron chi connectivity index (χ3n) is 4.80. The summed E-state index contributed by atoms with van der Waals surface area (Å²) in [6, 6.07) is 12.7. The Labute approximate surface area is 160 Å². The van der Waals surface area contributed by atoms with E-state index in [1.54, 1.807) is 0 Å². The largest absolute Gasteiger partial charge is 0.375 e. The van der Waals surface area contributed by atoms with E-state index in [1.807, 2.05) is 24.7 Å². The number of hydrogen-bond acceptors (Lipinski definition) is 7. The molecule has 0 bridgehead atoms. The molecule has 0 unspecified atom stereocenters. The summed E-state index contributed by atoms with van der Waals surface area (Å²) >= 11 is 1.49. The summed E-state index contributed by atoms with van der Waals surface area (Å²) in [5.74, 6) is 0.949. The predicted molar refractivity (Wildman–Crippen MR) is 111 cm³/mol. The Bertz CT molecular complexity index is 1130. The van der Waals surface area contributed by atoms with Gasteiger partial charge < -0.3 is 16.4 Å². The molecule has 4 heterocycles. The maximum absolute atomic E-state index is 5.89. The number of fused-ring (bicyclic) bond motifs is 1. The molecule has 1 fully saturated rings. The fraction of sp³-hybridized carbons (Fsp3) is 0.150. The van der Waals surface area contributed by atoms with Gasteiger partial charge in [0.1, 0.15) is 5.82 Å². The van der Waals surface area contributed by atoms with E-state index in [4.69, 9.17) is 11.5 Å². The third-order valence-corrected chi connectivity index (χ3v) is 5.68. The van der Waals surface area contributed by atoms with Gasteiger partial charge in [-0.2, -0.15) is 0 Å². The van der Waals surface area contributed by atoms with Gasteiger partial charge in [0, 0.05) is 48.7 Å². The van der Waals surface area contributed by atoms with Crippen molar-refractivity contribution in [2.24, 2.45) is 5.73 Å². The van der Waals surface area contributed by atoms with Crippen LogP contribution in [0.1, 0.15) is 0 Å².